The molecule has 178 valence electrons. The van der Waals surface area contributed by atoms with Gasteiger partial charge in [-0.15, -0.1) is 15.8 Å². The SMILES string of the molecule is CCCCP(CCCC)CCCC.CCCCP(CCCC)CCCC.[Co].[Co]. The van der Waals surface area contributed by atoms with Crippen LogP contribution < -0.4 is 0 Å². The standard InChI is InChI=1S/2C12H27P.2Co/c2*1-4-7-10-13(11-8-5-2)12-9-6-3;;/h2*4-12H2,1-3H3;;. The van der Waals surface area contributed by atoms with Gasteiger partial charge in [-0.2, -0.15) is 0 Å². The average Bonchev–Trinajstić information content (AvgIpc) is 2.67. The molecule has 0 aromatic heterocycles. The van der Waals surface area contributed by atoms with Crippen molar-refractivity contribution in [3.8, 4) is 0 Å². The summed E-state index contributed by atoms with van der Waals surface area (Å²) in [5, 5.41) is 0. The van der Waals surface area contributed by atoms with Gasteiger partial charge in [-0.05, 0) is 75.5 Å². The molecule has 0 aliphatic rings. The van der Waals surface area contributed by atoms with Crippen molar-refractivity contribution in [1.82, 2.24) is 0 Å². The van der Waals surface area contributed by atoms with Crippen LogP contribution in [0.15, 0.2) is 0 Å². The van der Waals surface area contributed by atoms with Gasteiger partial charge in [0, 0.05) is 33.6 Å². The maximum absolute atomic E-state index is 2.31. The van der Waals surface area contributed by atoms with Gasteiger partial charge in [0.15, 0.2) is 0 Å². The largest absolute Gasteiger partial charge is 0.107 e. The molecule has 0 aliphatic carbocycles. The molecule has 0 saturated carbocycles. The van der Waals surface area contributed by atoms with Gasteiger partial charge in [-0.1, -0.05) is 80.1 Å². The van der Waals surface area contributed by atoms with E-state index in [0.29, 0.717) is 15.8 Å². The quantitative estimate of drug-likeness (QED) is 0.157. The Bertz CT molecular complexity index is 179. The molecule has 0 aliphatic heterocycles. The van der Waals surface area contributed by atoms with E-state index < -0.39 is 0 Å². The van der Waals surface area contributed by atoms with Crippen molar-refractivity contribution in [2.24, 2.45) is 0 Å². The molecule has 0 amide bonds. The zero-order chi connectivity index (χ0) is 19.9. The third kappa shape index (κ3) is 30.1. The zero-order valence-electron chi connectivity index (χ0n) is 20.3. The van der Waals surface area contributed by atoms with Gasteiger partial charge in [0.1, 0.15) is 0 Å². The molecule has 0 saturated heterocycles. The first-order valence-electron chi connectivity index (χ1n) is 12.1. The smallest absolute Gasteiger partial charge is 0 e. The topological polar surface area (TPSA) is 0 Å². The van der Waals surface area contributed by atoms with E-state index >= 15 is 0 Å². The fourth-order valence-electron chi connectivity index (χ4n) is 2.96. The predicted octanol–water partition coefficient (Wildman–Crippen LogP) is 9.73. The summed E-state index contributed by atoms with van der Waals surface area (Å²) < 4.78 is 0. The van der Waals surface area contributed by atoms with Crippen LogP contribution in [0.25, 0.3) is 0 Å². The molecule has 4 heteroatoms. The fraction of sp³-hybridized carbons (Fsp3) is 1.00. The van der Waals surface area contributed by atoms with E-state index in [0.717, 1.165) is 0 Å². The van der Waals surface area contributed by atoms with Crippen LogP contribution in [-0.2, 0) is 33.6 Å². The maximum atomic E-state index is 2.31. The van der Waals surface area contributed by atoms with Crippen LogP contribution in [-0.4, -0.2) is 37.0 Å². The van der Waals surface area contributed by atoms with Crippen LogP contribution in [0.3, 0.4) is 0 Å². The van der Waals surface area contributed by atoms with Gasteiger partial charge in [0.05, 0.1) is 0 Å². The van der Waals surface area contributed by atoms with E-state index in [1.54, 1.807) is 37.0 Å². The minimum Gasteiger partial charge on any atom is -0.107 e. The molecular weight excluding hydrogens is 468 g/mol. The Morgan fingerprint density at radius 3 is 0.571 bits per heavy atom. The van der Waals surface area contributed by atoms with Crippen molar-refractivity contribution in [3.05, 3.63) is 0 Å². The third-order valence-corrected chi connectivity index (χ3v) is 10.7. The summed E-state index contributed by atoms with van der Waals surface area (Å²) in [5.41, 5.74) is 0. The minimum absolute atomic E-state index is 0. The van der Waals surface area contributed by atoms with Crippen LogP contribution in [0, 0.1) is 0 Å². The molecule has 0 unspecified atom stereocenters. The number of rotatable bonds is 18. The van der Waals surface area contributed by atoms with E-state index in [4.69, 9.17) is 0 Å². The van der Waals surface area contributed by atoms with Gasteiger partial charge < -0.3 is 0 Å². The third-order valence-electron chi connectivity index (χ3n) is 4.97. The molecule has 0 atom stereocenters. The Kier molecular flexibility index (Phi) is 44.5. The fourth-order valence-corrected chi connectivity index (χ4v) is 8.88. The molecule has 2 radical (unpaired) electrons. The maximum Gasteiger partial charge on any atom is 0 e. The Hall–Kier alpha value is 1.87. The van der Waals surface area contributed by atoms with Gasteiger partial charge in [0.2, 0.25) is 0 Å². The average molecular weight is 523 g/mol. The second kappa shape index (κ2) is 33.5. The first-order chi connectivity index (χ1) is 12.7. The molecule has 0 N–H and O–H groups in total. The second-order valence-electron chi connectivity index (χ2n) is 7.80. The second-order valence-corrected chi connectivity index (χ2v) is 13.2. The Labute approximate surface area is 204 Å². The van der Waals surface area contributed by atoms with Crippen LogP contribution in [0.1, 0.15) is 119 Å². The minimum atomic E-state index is 0. The van der Waals surface area contributed by atoms with Crippen molar-refractivity contribution in [2.45, 2.75) is 119 Å². The number of unbranched alkanes of at least 4 members (excludes halogenated alkanes) is 6. The molecule has 0 rings (SSSR count). The van der Waals surface area contributed by atoms with Crippen LogP contribution in [0.5, 0.6) is 0 Å². The summed E-state index contributed by atoms with van der Waals surface area (Å²) in [6, 6.07) is 0. The van der Waals surface area contributed by atoms with Crippen molar-refractivity contribution in [1.29, 1.82) is 0 Å². The molecule has 0 nitrogen and oxygen atoms in total. The normalized spacial score (nSPS) is 10.3. The molecule has 0 fully saturated rings. The molecular formula is C24H54Co2P2. The van der Waals surface area contributed by atoms with E-state index in [1.807, 2.05) is 0 Å². The van der Waals surface area contributed by atoms with Gasteiger partial charge in [0.25, 0.3) is 0 Å². The van der Waals surface area contributed by atoms with E-state index in [9.17, 15) is 0 Å². The van der Waals surface area contributed by atoms with E-state index in [1.165, 1.54) is 77.0 Å². The summed E-state index contributed by atoms with van der Waals surface area (Å²) in [4.78, 5) is 0. The van der Waals surface area contributed by atoms with Gasteiger partial charge >= 0.3 is 0 Å². The molecule has 0 aromatic rings. The van der Waals surface area contributed by atoms with Crippen LogP contribution in [0.2, 0.25) is 0 Å². The summed E-state index contributed by atoms with van der Waals surface area (Å²) in [6.07, 6.45) is 26.4. The molecule has 0 aromatic carbocycles. The molecule has 0 heterocycles. The van der Waals surface area contributed by atoms with Crippen molar-refractivity contribution < 1.29 is 33.6 Å². The van der Waals surface area contributed by atoms with Crippen LogP contribution >= 0.6 is 15.8 Å². The molecule has 0 spiro atoms. The molecule has 28 heavy (non-hydrogen) atoms. The van der Waals surface area contributed by atoms with Gasteiger partial charge in [-0.25, -0.2) is 0 Å². The van der Waals surface area contributed by atoms with Gasteiger partial charge in [-0.3, -0.25) is 0 Å². The number of hydrogen-bond acceptors (Lipinski definition) is 0. The Morgan fingerprint density at radius 1 is 0.321 bits per heavy atom. The summed E-state index contributed by atoms with van der Waals surface area (Å²) in [6.45, 7) is 13.9. The number of hydrogen-bond donors (Lipinski definition) is 0. The van der Waals surface area contributed by atoms with Crippen LogP contribution in [0.4, 0.5) is 0 Å². The van der Waals surface area contributed by atoms with Crippen molar-refractivity contribution in [2.75, 3.05) is 37.0 Å². The summed E-state index contributed by atoms with van der Waals surface area (Å²) in [7, 11) is 0.843. The summed E-state index contributed by atoms with van der Waals surface area (Å²) >= 11 is 0. The van der Waals surface area contributed by atoms with E-state index in [-0.39, 0.29) is 33.6 Å². The first-order valence-corrected chi connectivity index (χ1v) is 15.9. The predicted molar refractivity (Wildman–Crippen MR) is 132 cm³/mol. The first kappa shape index (κ1) is 37.2. The van der Waals surface area contributed by atoms with Crippen molar-refractivity contribution in [3.63, 3.8) is 0 Å². The van der Waals surface area contributed by atoms with Crippen molar-refractivity contribution >= 4 is 15.8 Å². The molecule has 0 bridgehead atoms. The zero-order valence-corrected chi connectivity index (χ0v) is 24.2. The summed E-state index contributed by atoms with van der Waals surface area (Å²) in [5.74, 6) is 0. The van der Waals surface area contributed by atoms with E-state index in [2.05, 4.69) is 41.5 Å². The monoisotopic (exact) mass is 522 g/mol. The Morgan fingerprint density at radius 2 is 0.464 bits per heavy atom. The Balaban J connectivity index is -0.000000192.